The highest BCUT2D eigenvalue weighted by molar-refractivity contribution is 7.80. The number of nitrogens with one attached hydrogen (secondary N) is 4. The van der Waals surface area contributed by atoms with E-state index in [1.54, 1.807) is 13.8 Å². The van der Waals surface area contributed by atoms with E-state index in [4.69, 9.17) is 16.6 Å². The van der Waals surface area contributed by atoms with Gasteiger partial charge in [-0.15, -0.1) is 0 Å². The summed E-state index contributed by atoms with van der Waals surface area (Å²) >= 11 is 4.01. The summed E-state index contributed by atoms with van der Waals surface area (Å²) in [7, 11) is 0. The molecule has 0 saturated heterocycles. The molecule has 0 aliphatic carbocycles. The third-order valence-corrected chi connectivity index (χ3v) is 7.19. The molecule has 6 atom stereocenters. The summed E-state index contributed by atoms with van der Waals surface area (Å²) in [4.78, 5) is 74.0. The number of thiol groups is 1. The van der Waals surface area contributed by atoms with Crippen LogP contribution in [0.3, 0.4) is 0 Å². The van der Waals surface area contributed by atoms with Gasteiger partial charge in [-0.3, -0.25) is 28.8 Å². The molecule has 9 N–H and O–H groups in total. The fourth-order valence-corrected chi connectivity index (χ4v) is 3.88. The molecule has 0 heterocycles. The van der Waals surface area contributed by atoms with E-state index in [2.05, 4.69) is 33.9 Å². The Kier molecular flexibility index (Phi) is 18.6. The number of primary amides is 1. The largest absolute Gasteiger partial charge is 0.481 e. The third-order valence-electron chi connectivity index (χ3n) is 6.80. The first-order valence-electron chi connectivity index (χ1n) is 13.8. The average molecular weight is 589 g/mol. The van der Waals surface area contributed by atoms with E-state index in [1.165, 1.54) is 0 Å². The van der Waals surface area contributed by atoms with E-state index >= 15 is 0 Å². The molecule has 0 saturated carbocycles. The van der Waals surface area contributed by atoms with Crippen molar-refractivity contribution in [3.8, 4) is 0 Å². The van der Waals surface area contributed by atoms with Crippen molar-refractivity contribution in [3.05, 3.63) is 0 Å². The van der Waals surface area contributed by atoms with E-state index in [0.717, 1.165) is 0 Å². The van der Waals surface area contributed by atoms with Crippen molar-refractivity contribution in [2.75, 3.05) is 12.3 Å². The van der Waals surface area contributed by atoms with Crippen LogP contribution in [0.4, 0.5) is 0 Å². The molecule has 13 nitrogen and oxygen atoms in total. The Morgan fingerprint density at radius 1 is 0.775 bits per heavy atom. The maximum Gasteiger partial charge on any atom is 0.303 e. The zero-order valence-corrected chi connectivity index (χ0v) is 24.9. The number of nitrogens with two attached hydrogens (primary N) is 2. The molecular weight excluding hydrogens is 540 g/mol. The van der Waals surface area contributed by atoms with Gasteiger partial charge in [0.2, 0.25) is 29.5 Å². The Labute approximate surface area is 242 Å². The van der Waals surface area contributed by atoms with Gasteiger partial charge < -0.3 is 37.8 Å². The number of unbranched alkanes of at least 4 members (excludes halogenated alkanes) is 2. The SMILES string of the molecule is CC[C@H](C)[C@H](NC(=O)[C@H](CCC(N)=O)NC(=O)[C@@H](NC(=O)[C@@H](N)CS)[C@@H](C)CC)C(=O)NCCCCCC(=O)O. The van der Waals surface area contributed by atoms with Gasteiger partial charge in [-0.1, -0.05) is 47.0 Å². The summed E-state index contributed by atoms with van der Waals surface area (Å²) in [6, 6.07) is -4.04. The van der Waals surface area contributed by atoms with Gasteiger partial charge in [0.25, 0.3) is 0 Å². The van der Waals surface area contributed by atoms with Crippen molar-refractivity contribution < 1.29 is 33.9 Å². The van der Waals surface area contributed by atoms with Crippen LogP contribution in [0.25, 0.3) is 0 Å². The van der Waals surface area contributed by atoms with Crippen LogP contribution >= 0.6 is 12.6 Å². The summed E-state index contributed by atoms with van der Waals surface area (Å²) < 4.78 is 0. The van der Waals surface area contributed by atoms with Crippen molar-refractivity contribution in [1.82, 2.24) is 21.3 Å². The fraction of sp³-hybridized carbons (Fsp3) is 0.769. The number of amides is 5. The first-order valence-corrected chi connectivity index (χ1v) is 14.5. The molecule has 0 rings (SSSR count). The smallest absolute Gasteiger partial charge is 0.303 e. The van der Waals surface area contributed by atoms with Crippen LogP contribution in [-0.4, -0.2) is 77.1 Å². The highest BCUT2D eigenvalue weighted by Gasteiger charge is 2.33. The standard InChI is InChI=1S/C26H48N6O7S/c1-5-15(3)21(25(38)29-13-9-7-8-10-20(34)35)32-24(37)18(11-12-19(28)33)30-26(39)22(16(4)6-2)31-23(36)17(27)14-40/h15-18,21-22,40H,5-14,27H2,1-4H3,(H2,28,33)(H,29,38)(H,30,39)(H,31,36)(H,32,37)(H,34,35)/t15-,16-,17-,18-,21-,22-/m0/s1. The summed E-state index contributed by atoms with van der Waals surface area (Å²) in [5.41, 5.74) is 11.0. The summed E-state index contributed by atoms with van der Waals surface area (Å²) in [6.07, 6.45) is 2.57. The van der Waals surface area contributed by atoms with E-state index in [0.29, 0.717) is 38.6 Å². The van der Waals surface area contributed by atoms with Crippen molar-refractivity contribution in [2.24, 2.45) is 23.3 Å². The number of rotatable bonds is 21. The van der Waals surface area contributed by atoms with Crippen LogP contribution < -0.4 is 32.7 Å². The average Bonchev–Trinajstić information content (AvgIpc) is 2.91. The van der Waals surface area contributed by atoms with Gasteiger partial charge in [-0.2, -0.15) is 12.6 Å². The van der Waals surface area contributed by atoms with Gasteiger partial charge in [-0.25, -0.2) is 0 Å². The minimum atomic E-state index is -1.20. The molecule has 0 fully saturated rings. The van der Waals surface area contributed by atoms with Gasteiger partial charge in [0.05, 0.1) is 6.04 Å². The van der Waals surface area contributed by atoms with Gasteiger partial charge >= 0.3 is 5.97 Å². The molecule has 0 spiro atoms. The van der Waals surface area contributed by atoms with E-state index in [-0.39, 0.29) is 36.9 Å². The quantitative estimate of drug-likeness (QED) is 0.0661. The van der Waals surface area contributed by atoms with Crippen LogP contribution in [-0.2, 0) is 28.8 Å². The molecular formula is C26H48N6O7S. The summed E-state index contributed by atoms with van der Waals surface area (Å²) in [5.74, 6) is -4.30. The number of aliphatic carboxylic acids is 1. The van der Waals surface area contributed by atoms with Gasteiger partial charge in [0.15, 0.2) is 0 Å². The Bertz CT molecular complexity index is 859. The minimum absolute atomic E-state index is 0.0570. The highest BCUT2D eigenvalue weighted by atomic mass is 32.1. The number of carboxylic acid groups (broad SMARTS) is 1. The van der Waals surface area contributed by atoms with E-state index in [1.807, 2.05) is 13.8 Å². The maximum absolute atomic E-state index is 13.3. The molecule has 0 aromatic carbocycles. The number of hydrogen-bond acceptors (Lipinski definition) is 8. The zero-order chi connectivity index (χ0) is 30.8. The molecule has 0 aliphatic rings. The summed E-state index contributed by atoms with van der Waals surface area (Å²) in [6.45, 7) is 7.58. The maximum atomic E-state index is 13.3. The molecule has 0 aromatic rings. The second-order valence-electron chi connectivity index (χ2n) is 10.1. The number of carbonyl (C=O) groups is 6. The summed E-state index contributed by atoms with van der Waals surface area (Å²) in [5, 5.41) is 19.4. The molecule has 0 radical (unpaired) electrons. The topological polar surface area (TPSA) is 223 Å². The van der Waals surface area contributed by atoms with Crippen LogP contribution in [0.2, 0.25) is 0 Å². The lowest BCUT2D eigenvalue weighted by Gasteiger charge is -2.29. The van der Waals surface area contributed by atoms with Crippen molar-refractivity contribution >= 4 is 48.1 Å². The Balaban J connectivity index is 5.59. The van der Waals surface area contributed by atoms with Crippen LogP contribution in [0, 0.1) is 11.8 Å². The van der Waals surface area contributed by atoms with Crippen molar-refractivity contribution in [3.63, 3.8) is 0 Å². The van der Waals surface area contributed by atoms with Gasteiger partial charge in [-0.05, 0) is 31.1 Å². The molecule has 0 aromatic heterocycles. The molecule has 0 bridgehead atoms. The van der Waals surface area contributed by atoms with Crippen LogP contribution in [0.15, 0.2) is 0 Å². The fourth-order valence-electron chi connectivity index (χ4n) is 3.72. The second kappa shape index (κ2) is 20.1. The monoisotopic (exact) mass is 588 g/mol. The number of carbonyl (C=O) groups excluding carboxylic acids is 5. The number of hydrogen-bond donors (Lipinski definition) is 8. The van der Waals surface area contributed by atoms with Crippen LogP contribution in [0.5, 0.6) is 0 Å². The normalized spacial score (nSPS) is 15.4. The first-order chi connectivity index (χ1) is 18.8. The van der Waals surface area contributed by atoms with Crippen molar-refractivity contribution in [1.29, 1.82) is 0 Å². The lowest BCUT2D eigenvalue weighted by atomic mass is 9.96. The Hall–Kier alpha value is -2.87. The molecule has 0 aliphatic heterocycles. The van der Waals surface area contributed by atoms with Crippen molar-refractivity contribution in [2.45, 2.75) is 103 Å². The molecule has 14 heteroatoms. The lowest BCUT2D eigenvalue weighted by Crippen LogP contribution is -2.60. The molecule has 40 heavy (non-hydrogen) atoms. The zero-order valence-electron chi connectivity index (χ0n) is 24.0. The Morgan fingerprint density at radius 2 is 1.32 bits per heavy atom. The van der Waals surface area contributed by atoms with Gasteiger partial charge in [0, 0.05) is 25.1 Å². The molecule has 230 valence electrons. The van der Waals surface area contributed by atoms with E-state index < -0.39 is 59.7 Å². The first kappa shape index (κ1) is 37.1. The minimum Gasteiger partial charge on any atom is -0.481 e. The predicted molar refractivity (Wildman–Crippen MR) is 154 cm³/mol. The van der Waals surface area contributed by atoms with Crippen LogP contribution in [0.1, 0.15) is 79.1 Å². The lowest BCUT2D eigenvalue weighted by molar-refractivity contribution is -0.137. The number of carboxylic acids is 1. The van der Waals surface area contributed by atoms with Gasteiger partial charge in [0.1, 0.15) is 18.1 Å². The Morgan fingerprint density at radius 3 is 1.82 bits per heavy atom. The third kappa shape index (κ3) is 14.5. The second-order valence-corrected chi connectivity index (χ2v) is 10.5. The molecule has 5 amide bonds. The van der Waals surface area contributed by atoms with E-state index in [9.17, 15) is 28.8 Å². The molecule has 0 unspecified atom stereocenters. The predicted octanol–water partition coefficient (Wildman–Crippen LogP) is -0.183. The highest BCUT2D eigenvalue weighted by Crippen LogP contribution is 2.12.